The lowest BCUT2D eigenvalue weighted by atomic mass is 9.93. The third-order valence-corrected chi connectivity index (χ3v) is 4.12. The molecule has 0 amide bonds. The van der Waals surface area contributed by atoms with Crippen molar-refractivity contribution >= 4 is 0 Å². The molecule has 1 fully saturated rings. The first-order valence-electron chi connectivity index (χ1n) is 7.46. The molecule has 18 heavy (non-hydrogen) atoms. The van der Waals surface area contributed by atoms with Gasteiger partial charge in [0.1, 0.15) is 5.54 Å². The number of nitrogens with zero attached hydrogens (tertiary/aromatic N) is 2. The maximum Gasteiger partial charge on any atom is 0.122 e. The molecule has 2 atom stereocenters. The Morgan fingerprint density at radius 3 is 2.50 bits per heavy atom. The molecular formula is C15H29N3. The molecule has 0 aromatic heterocycles. The minimum atomic E-state index is -0.313. The molecule has 3 nitrogen and oxygen atoms in total. The van der Waals surface area contributed by atoms with E-state index in [1.165, 1.54) is 25.7 Å². The van der Waals surface area contributed by atoms with Crippen molar-refractivity contribution in [2.45, 2.75) is 64.5 Å². The first kappa shape index (κ1) is 15.5. The van der Waals surface area contributed by atoms with E-state index in [4.69, 9.17) is 0 Å². The molecule has 104 valence electrons. The van der Waals surface area contributed by atoms with Gasteiger partial charge in [0.05, 0.1) is 6.07 Å². The van der Waals surface area contributed by atoms with Crippen molar-refractivity contribution in [3.05, 3.63) is 0 Å². The number of nitriles is 1. The minimum Gasteiger partial charge on any atom is -0.301 e. The van der Waals surface area contributed by atoms with Crippen LogP contribution < -0.4 is 5.32 Å². The summed E-state index contributed by atoms with van der Waals surface area (Å²) in [6.45, 7) is 8.44. The Kier molecular flexibility index (Phi) is 6.11. The predicted molar refractivity (Wildman–Crippen MR) is 76.4 cm³/mol. The van der Waals surface area contributed by atoms with Crippen molar-refractivity contribution in [3.8, 4) is 6.07 Å². The number of nitrogens with one attached hydrogen (secondary N) is 1. The van der Waals surface area contributed by atoms with Crippen molar-refractivity contribution in [2.75, 3.05) is 20.1 Å². The Morgan fingerprint density at radius 2 is 2.06 bits per heavy atom. The van der Waals surface area contributed by atoms with E-state index in [9.17, 15) is 5.26 Å². The average molecular weight is 251 g/mol. The standard InChI is InChI=1S/C15H29N3/c1-5-7-13(3)18(4)12-15(11-16,14-8-9-14)17-10-6-2/h13-14,17H,5-10,12H2,1-4H3. The topological polar surface area (TPSA) is 39.1 Å². The van der Waals surface area contributed by atoms with Crippen LogP contribution in [0.1, 0.15) is 52.9 Å². The van der Waals surface area contributed by atoms with Crippen LogP contribution in [0.4, 0.5) is 0 Å². The van der Waals surface area contributed by atoms with Crippen LogP contribution in [0, 0.1) is 17.2 Å². The van der Waals surface area contributed by atoms with Crippen molar-refractivity contribution in [3.63, 3.8) is 0 Å². The van der Waals surface area contributed by atoms with E-state index in [1.807, 2.05) is 0 Å². The predicted octanol–water partition coefficient (Wildman–Crippen LogP) is 2.78. The van der Waals surface area contributed by atoms with E-state index >= 15 is 0 Å². The van der Waals surface area contributed by atoms with Crippen molar-refractivity contribution in [1.29, 1.82) is 5.26 Å². The molecular weight excluding hydrogens is 222 g/mol. The third-order valence-electron chi connectivity index (χ3n) is 4.12. The second-order valence-corrected chi connectivity index (χ2v) is 5.84. The molecule has 1 saturated carbocycles. The lowest BCUT2D eigenvalue weighted by Crippen LogP contribution is -2.55. The molecule has 1 aliphatic carbocycles. The molecule has 0 saturated heterocycles. The Morgan fingerprint density at radius 1 is 1.39 bits per heavy atom. The maximum atomic E-state index is 9.63. The number of hydrogen-bond donors (Lipinski definition) is 1. The van der Waals surface area contributed by atoms with Crippen LogP contribution in [0.3, 0.4) is 0 Å². The summed E-state index contributed by atoms with van der Waals surface area (Å²) in [5.41, 5.74) is -0.313. The van der Waals surface area contributed by atoms with Gasteiger partial charge in [0.15, 0.2) is 0 Å². The molecule has 0 bridgehead atoms. The molecule has 0 aromatic rings. The van der Waals surface area contributed by atoms with Crippen molar-refractivity contribution < 1.29 is 0 Å². The Hall–Kier alpha value is -0.590. The zero-order valence-corrected chi connectivity index (χ0v) is 12.5. The van der Waals surface area contributed by atoms with Crippen molar-refractivity contribution in [1.82, 2.24) is 10.2 Å². The van der Waals surface area contributed by atoms with E-state index in [2.05, 4.69) is 44.1 Å². The second kappa shape index (κ2) is 7.11. The molecule has 0 aromatic carbocycles. The van der Waals surface area contributed by atoms with Crippen LogP contribution in [-0.2, 0) is 0 Å². The summed E-state index contributed by atoms with van der Waals surface area (Å²) in [5, 5.41) is 13.2. The second-order valence-electron chi connectivity index (χ2n) is 5.84. The van der Waals surface area contributed by atoms with Gasteiger partial charge in [0.2, 0.25) is 0 Å². The van der Waals surface area contributed by atoms with Gasteiger partial charge in [0, 0.05) is 12.6 Å². The summed E-state index contributed by atoms with van der Waals surface area (Å²) < 4.78 is 0. The zero-order valence-electron chi connectivity index (χ0n) is 12.5. The van der Waals surface area contributed by atoms with Crippen LogP contribution in [0.2, 0.25) is 0 Å². The van der Waals surface area contributed by atoms with Gasteiger partial charge < -0.3 is 4.90 Å². The van der Waals surface area contributed by atoms with Crippen LogP contribution in [-0.4, -0.2) is 36.6 Å². The molecule has 1 aliphatic rings. The number of likely N-dealkylation sites (N-methyl/N-ethyl adjacent to an activating group) is 1. The zero-order chi connectivity index (χ0) is 13.6. The Balaban J connectivity index is 2.63. The summed E-state index contributed by atoms with van der Waals surface area (Å²) >= 11 is 0. The largest absolute Gasteiger partial charge is 0.301 e. The van der Waals surface area contributed by atoms with Gasteiger partial charge in [-0.3, -0.25) is 5.32 Å². The summed E-state index contributed by atoms with van der Waals surface area (Å²) in [4.78, 5) is 2.35. The highest BCUT2D eigenvalue weighted by Gasteiger charge is 2.46. The van der Waals surface area contributed by atoms with Gasteiger partial charge >= 0.3 is 0 Å². The SMILES string of the molecule is CCCNC(C#N)(CN(C)C(C)CCC)C1CC1. The minimum absolute atomic E-state index is 0.313. The van der Waals surface area contributed by atoms with Gasteiger partial charge in [-0.05, 0) is 52.1 Å². The fraction of sp³-hybridized carbons (Fsp3) is 0.933. The number of hydrogen-bond acceptors (Lipinski definition) is 3. The normalized spacial score (nSPS) is 20.4. The van der Waals surface area contributed by atoms with Gasteiger partial charge in [-0.2, -0.15) is 5.26 Å². The van der Waals surface area contributed by atoms with Gasteiger partial charge in [-0.15, -0.1) is 0 Å². The smallest absolute Gasteiger partial charge is 0.122 e. The first-order chi connectivity index (χ1) is 8.59. The summed E-state index contributed by atoms with van der Waals surface area (Å²) in [6.07, 6.45) is 5.91. The molecule has 1 rings (SSSR count). The fourth-order valence-electron chi connectivity index (χ4n) is 2.61. The van der Waals surface area contributed by atoms with E-state index in [-0.39, 0.29) is 5.54 Å². The highest BCUT2D eigenvalue weighted by Crippen LogP contribution is 2.40. The van der Waals surface area contributed by atoms with E-state index in [1.54, 1.807) is 0 Å². The molecule has 2 unspecified atom stereocenters. The summed E-state index contributed by atoms with van der Waals surface area (Å²) in [5.74, 6) is 0.560. The number of rotatable bonds is 9. The quantitative estimate of drug-likeness (QED) is 0.685. The highest BCUT2D eigenvalue weighted by atomic mass is 15.2. The van der Waals surface area contributed by atoms with Crippen LogP contribution in [0.5, 0.6) is 0 Å². The van der Waals surface area contributed by atoms with Crippen LogP contribution in [0.15, 0.2) is 0 Å². The molecule has 3 heteroatoms. The first-order valence-corrected chi connectivity index (χ1v) is 7.46. The summed E-state index contributed by atoms with van der Waals surface area (Å²) in [7, 11) is 2.16. The van der Waals surface area contributed by atoms with E-state index in [0.717, 1.165) is 19.5 Å². The fourth-order valence-corrected chi connectivity index (χ4v) is 2.61. The molecule has 0 radical (unpaired) electrons. The lowest BCUT2D eigenvalue weighted by molar-refractivity contribution is 0.179. The molecule has 0 heterocycles. The lowest BCUT2D eigenvalue weighted by Gasteiger charge is -2.35. The Labute approximate surface area is 113 Å². The molecule has 1 N–H and O–H groups in total. The average Bonchev–Trinajstić information content (AvgIpc) is 3.19. The molecule has 0 aliphatic heterocycles. The van der Waals surface area contributed by atoms with Gasteiger partial charge in [-0.25, -0.2) is 0 Å². The van der Waals surface area contributed by atoms with E-state index < -0.39 is 0 Å². The third kappa shape index (κ3) is 3.96. The van der Waals surface area contributed by atoms with E-state index in [0.29, 0.717) is 12.0 Å². The van der Waals surface area contributed by atoms with Crippen LogP contribution >= 0.6 is 0 Å². The van der Waals surface area contributed by atoms with Crippen molar-refractivity contribution in [2.24, 2.45) is 5.92 Å². The highest BCUT2D eigenvalue weighted by molar-refractivity contribution is 5.16. The molecule has 0 spiro atoms. The summed E-state index contributed by atoms with van der Waals surface area (Å²) in [6, 6.07) is 3.15. The maximum absolute atomic E-state index is 9.63. The van der Waals surface area contributed by atoms with Crippen LogP contribution in [0.25, 0.3) is 0 Å². The van der Waals surface area contributed by atoms with Gasteiger partial charge in [0.25, 0.3) is 0 Å². The Bertz CT molecular complexity index is 280. The monoisotopic (exact) mass is 251 g/mol. The van der Waals surface area contributed by atoms with Gasteiger partial charge in [-0.1, -0.05) is 20.3 Å².